The monoisotopic (exact) mass is 280 g/mol. The van der Waals surface area contributed by atoms with Crippen LogP contribution in [0.2, 0.25) is 0 Å². The zero-order valence-corrected chi connectivity index (χ0v) is 12.4. The third kappa shape index (κ3) is 5.16. The van der Waals surface area contributed by atoms with Gasteiger partial charge in [0.05, 0.1) is 5.75 Å². The van der Waals surface area contributed by atoms with Crippen molar-refractivity contribution < 1.29 is 8.42 Å². The molecule has 0 bridgehead atoms. The Morgan fingerprint density at radius 2 is 1.94 bits per heavy atom. The second-order valence-corrected chi connectivity index (χ2v) is 7.89. The molecule has 1 rings (SSSR count). The molecule has 0 aromatic heterocycles. The van der Waals surface area contributed by atoms with E-state index in [1.54, 1.807) is 0 Å². The fourth-order valence-corrected chi connectivity index (χ4v) is 4.39. The van der Waals surface area contributed by atoms with E-state index >= 15 is 0 Å². The summed E-state index contributed by atoms with van der Waals surface area (Å²) in [5.74, 6) is 0.221. The SMILES string of the molecule is CNCCCS(=O)(=O)NCC1(SC)CCCC1. The van der Waals surface area contributed by atoms with Gasteiger partial charge in [-0.25, -0.2) is 13.1 Å². The molecule has 102 valence electrons. The van der Waals surface area contributed by atoms with Gasteiger partial charge < -0.3 is 5.32 Å². The fourth-order valence-electron chi connectivity index (χ4n) is 2.23. The lowest BCUT2D eigenvalue weighted by molar-refractivity contribution is 0.548. The summed E-state index contributed by atoms with van der Waals surface area (Å²) in [5.41, 5.74) is 0. The van der Waals surface area contributed by atoms with Crippen LogP contribution in [0.1, 0.15) is 32.1 Å². The molecule has 0 atom stereocenters. The molecule has 17 heavy (non-hydrogen) atoms. The van der Waals surface area contributed by atoms with E-state index in [1.165, 1.54) is 12.8 Å². The van der Waals surface area contributed by atoms with Crippen LogP contribution >= 0.6 is 11.8 Å². The molecular formula is C11H24N2O2S2. The van der Waals surface area contributed by atoms with E-state index in [0.29, 0.717) is 13.0 Å². The van der Waals surface area contributed by atoms with Gasteiger partial charge in [0.15, 0.2) is 0 Å². The first-order chi connectivity index (χ1) is 8.04. The van der Waals surface area contributed by atoms with Crippen molar-refractivity contribution in [3.63, 3.8) is 0 Å². The smallest absolute Gasteiger partial charge is 0.211 e. The highest BCUT2D eigenvalue weighted by atomic mass is 32.2. The van der Waals surface area contributed by atoms with Gasteiger partial charge in [-0.2, -0.15) is 11.8 Å². The number of hydrogen-bond donors (Lipinski definition) is 2. The lowest BCUT2D eigenvalue weighted by atomic mass is 10.1. The summed E-state index contributed by atoms with van der Waals surface area (Å²) in [5, 5.41) is 2.96. The first kappa shape index (κ1) is 15.3. The van der Waals surface area contributed by atoms with Crippen LogP contribution in [-0.4, -0.2) is 45.3 Å². The summed E-state index contributed by atoms with van der Waals surface area (Å²) in [6.45, 7) is 1.34. The average Bonchev–Trinajstić information content (AvgIpc) is 2.76. The van der Waals surface area contributed by atoms with Gasteiger partial charge in [0, 0.05) is 11.3 Å². The molecule has 0 saturated heterocycles. The standard InChI is InChI=1S/C11H24N2O2S2/c1-12-8-5-9-17(14,15)13-10-11(16-2)6-3-4-7-11/h12-13H,3-10H2,1-2H3. The van der Waals surface area contributed by atoms with Gasteiger partial charge in [0.2, 0.25) is 10.0 Å². The van der Waals surface area contributed by atoms with E-state index in [1.807, 2.05) is 18.8 Å². The number of nitrogens with one attached hydrogen (secondary N) is 2. The van der Waals surface area contributed by atoms with Gasteiger partial charge in [0.25, 0.3) is 0 Å². The highest BCUT2D eigenvalue weighted by molar-refractivity contribution is 8.00. The highest BCUT2D eigenvalue weighted by Crippen LogP contribution is 2.39. The Balaban J connectivity index is 2.37. The van der Waals surface area contributed by atoms with Crippen LogP contribution in [0.25, 0.3) is 0 Å². The zero-order valence-electron chi connectivity index (χ0n) is 10.8. The molecule has 2 N–H and O–H groups in total. The molecule has 0 radical (unpaired) electrons. The van der Waals surface area contributed by atoms with Gasteiger partial charge in [-0.3, -0.25) is 0 Å². The summed E-state index contributed by atoms with van der Waals surface area (Å²) in [7, 11) is -1.26. The summed E-state index contributed by atoms with van der Waals surface area (Å²) >= 11 is 1.81. The molecule has 4 nitrogen and oxygen atoms in total. The van der Waals surface area contributed by atoms with Crippen LogP contribution in [0.15, 0.2) is 0 Å². The Bertz CT molecular complexity index is 311. The van der Waals surface area contributed by atoms with Crippen LogP contribution in [0.3, 0.4) is 0 Å². The second-order valence-electron chi connectivity index (χ2n) is 4.69. The first-order valence-electron chi connectivity index (χ1n) is 6.21. The molecule has 1 aliphatic rings. The minimum absolute atomic E-state index is 0.149. The van der Waals surface area contributed by atoms with Gasteiger partial charge in [0.1, 0.15) is 0 Å². The predicted molar refractivity (Wildman–Crippen MR) is 75.0 cm³/mol. The van der Waals surface area contributed by atoms with Crippen molar-refractivity contribution in [2.45, 2.75) is 36.9 Å². The molecule has 0 spiro atoms. The van der Waals surface area contributed by atoms with Crippen molar-refractivity contribution in [2.75, 3.05) is 32.1 Å². The van der Waals surface area contributed by atoms with E-state index in [-0.39, 0.29) is 10.5 Å². The maximum Gasteiger partial charge on any atom is 0.211 e. The summed E-state index contributed by atoms with van der Waals surface area (Å²) in [6, 6.07) is 0. The van der Waals surface area contributed by atoms with E-state index in [2.05, 4.69) is 16.3 Å². The van der Waals surface area contributed by atoms with Crippen LogP contribution in [0.4, 0.5) is 0 Å². The van der Waals surface area contributed by atoms with Gasteiger partial charge in [-0.1, -0.05) is 12.8 Å². The molecule has 0 aromatic rings. The molecular weight excluding hydrogens is 256 g/mol. The van der Waals surface area contributed by atoms with E-state index in [4.69, 9.17) is 0 Å². The van der Waals surface area contributed by atoms with E-state index in [9.17, 15) is 8.42 Å². The number of sulfonamides is 1. The molecule has 0 heterocycles. The molecule has 0 unspecified atom stereocenters. The molecule has 1 aliphatic carbocycles. The van der Waals surface area contributed by atoms with Crippen LogP contribution in [0.5, 0.6) is 0 Å². The van der Waals surface area contributed by atoms with Crippen LogP contribution in [-0.2, 0) is 10.0 Å². The quantitative estimate of drug-likeness (QED) is 0.656. The number of rotatable bonds is 8. The molecule has 0 aliphatic heterocycles. The summed E-state index contributed by atoms with van der Waals surface area (Å²) in [6.07, 6.45) is 7.46. The molecule has 0 amide bonds. The van der Waals surface area contributed by atoms with Crippen LogP contribution < -0.4 is 10.0 Å². The Kier molecular flexibility index (Phi) is 6.26. The maximum atomic E-state index is 11.8. The molecule has 0 aromatic carbocycles. The topological polar surface area (TPSA) is 58.2 Å². The van der Waals surface area contributed by atoms with Crippen molar-refractivity contribution in [3.05, 3.63) is 0 Å². The molecule has 6 heteroatoms. The largest absolute Gasteiger partial charge is 0.320 e. The van der Waals surface area contributed by atoms with Crippen molar-refractivity contribution in [1.29, 1.82) is 0 Å². The van der Waals surface area contributed by atoms with Crippen molar-refractivity contribution in [2.24, 2.45) is 0 Å². The molecule has 1 saturated carbocycles. The number of hydrogen-bond acceptors (Lipinski definition) is 4. The third-order valence-electron chi connectivity index (χ3n) is 3.40. The van der Waals surface area contributed by atoms with E-state index < -0.39 is 10.0 Å². The number of thioether (sulfide) groups is 1. The average molecular weight is 280 g/mol. The highest BCUT2D eigenvalue weighted by Gasteiger charge is 2.33. The first-order valence-corrected chi connectivity index (χ1v) is 9.08. The summed E-state index contributed by atoms with van der Waals surface area (Å²) in [4.78, 5) is 0. The van der Waals surface area contributed by atoms with Crippen molar-refractivity contribution in [3.8, 4) is 0 Å². The maximum absolute atomic E-state index is 11.8. The zero-order chi connectivity index (χ0) is 12.8. The lowest BCUT2D eigenvalue weighted by Gasteiger charge is -2.26. The van der Waals surface area contributed by atoms with Gasteiger partial charge in [-0.05, 0) is 39.1 Å². The predicted octanol–water partition coefficient (Wildman–Crippen LogP) is 1.19. The lowest BCUT2D eigenvalue weighted by Crippen LogP contribution is -2.39. The third-order valence-corrected chi connectivity index (χ3v) is 6.23. The normalized spacial score (nSPS) is 19.6. The Morgan fingerprint density at radius 3 is 2.47 bits per heavy atom. The Hall–Kier alpha value is 0.220. The van der Waals surface area contributed by atoms with Crippen molar-refractivity contribution in [1.82, 2.24) is 10.0 Å². The molecule has 1 fully saturated rings. The Labute approximate surface area is 109 Å². The van der Waals surface area contributed by atoms with Gasteiger partial charge >= 0.3 is 0 Å². The minimum Gasteiger partial charge on any atom is -0.320 e. The second kappa shape index (κ2) is 6.97. The minimum atomic E-state index is -3.09. The van der Waals surface area contributed by atoms with Crippen LogP contribution in [0, 0.1) is 0 Å². The fraction of sp³-hybridized carbons (Fsp3) is 1.00. The van der Waals surface area contributed by atoms with E-state index in [0.717, 1.165) is 19.4 Å². The summed E-state index contributed by atoms with van der Waals surface area (Å²) < 4.78 is 26.5. The van der Waals surface area contributed by atoms with Gasteiger partial charge in [-0.15, -0.1) is 0 Å². The van der Waals surface area contributed by atoms with Crippen molar-refractivity contribution >= 4 is 21.8 Å². The Morgan fingerprint density at radius 1 is 1.29 bits per heavy atom.